The number of hydrogen-bond acceptors (Lipinski definition) is 2. The standard InChI is InChI=1S/C7H12O2/c1-3-4-7(9)5-6(2)8/h5,8H,3-4H2,1-2H3. The second-order valence-electron chi connectivity index (χ2n) is 2.00. The Hall–Kier alpha value is -0.790. The minimum absolute atomic E-state index is 0.00231. The average Bonchev–Trinajstić information content (AvgIpc) is 1.63. The predicted molar refractivity (Wildman–Crippen MR) is 36.3 cm³/mol. The van der Waals surface area contributed by atoms with E-state index in [9.17, 15) is 4.79 Å². The number of carbonyl (C=O) groups is 1. The van der Waals surface area contributed by atoms with Gasteiger partial charge in [-0.2, -0.15) is 0 Å². The molecule has 0 atom stereocenters. The van der Waals surface area contributed by atoms with Crippen LogP contribution >= 0.6 is 0 Å². The third-order valence-corrected chi connectivity index (χ3v) is 0.866. The lowest BCUT2D eigenvalue weighted by Crippen LogP contribution is -1.91. The van der Waals surface area contributed by atoms with Gasteiger partial charge in [0.25, 0.3) is 0 Å². The van der Waals surface area contributed by atoms with E-state index in [0.717, 1.165) is 6.42 Å². The van der Waals surface area contributed by atoms with Crippen LogP contribution in [0.15, 0.2) is 11.8 Å². The van der Waals surface area contributed by atoms with Crippen LogP contribution in [0.1, 0.15) is 26.7 Å². The van der Waals surface area contributed by atoms with Gasteiger partial charge in [0, 0.05) is 12.5 Å². The molecule has 0 aliphatic heterocycles. The topological polar surface area (TPSA) is 37.3 Å². The number of aliphatic hydroxyl groups is 1. The summed E-state index contributed by atoms with van der Waals surface area (Å²) in [6.45, 7) is 3.42. The zero-order valence-electron chi connectivity index (χ0n) is 5.85. The Bertz CT molecular complexity index is 121. The fourth-order valence-electron chi connectivity index (χ4n) is 0.552. The van der Waals surface area contributed by atoms with Gasteiger partial charge in [-0.05, 0) is 13.3 Å². The van der Waals surface area contributed by atoms with Crippen molar-refractivity contribution < 1.29 is 9.90 Å². The highest BCUT2D eigenvalue weighted by Crippen LogP contribution is 1.93. The number of rotatable bonds is 3. The Morgan fingerprint density at radius 3 is 2.56 bits per heavy atom. The van der Waals surface area contributed by atoms with E-state index in [1.54, 1.807) is 0 Å². The molecular weight excluding hydrogens is 116 g/mol. The van der Waals surface area contributed by atoms with Crippen molar-refractivity contribution in [1.29, 1.82) is 0 Å². The van der Waals surface area contributed by atoms with Gasteiger partial charge in [0.1, 0.15) is 0 Å². The summed E-state index contributed by atoms with van der Waals surface area (Å²) in [5, 5.41) is 8.59. The van der Waals surface area contributed by atoms with Crippen LogP contribution in [-0.2, 0) is 4.79 Å². The summed E-state index contributed by atoms with van der Waals surface area (Å²) >= 11 is 0. The third-order valence-electron chi connectivity index (χ3n) is 0.866. The number of hydrogen-bond donors (Lipinski definition) is 1. The van der Waals surface area contributed by atoms with Crippen LogP contribution < -0.4 is 0 Å². The molecule has 2 nitrogen and oxygen atoms in total. The van der Waals surface area contributed by atoms with Crippen LogP contribution in [0.25, 0.3) is 0 Å². The van der Waals surface area contributed by atoms with Crippen LogP contribution in [0.3, 0.4) is 0 Å². The molecule has 0 unspecified atom stereocenters. The maximum absolute atomic E-state index is 10.6. The molecule has 0 spiro atoms. The normalized spacial score (nSPS) is 11.6. The van der Waals surface area contributed by atoms with Gasteiger partial charge in [0.15, 0.2) is 5.78 Å². The van der Waals surface area contributed by atoms with Crippen molar-refractivity contribution in [1.82, 2.24) is 0 Å². The second-order valence-corrected chi connectivity index (χ2v) is 2.00. The molecule has 2 heteroatoms. The van der Waals surface area contributed by atoms with Crippen molar-refractivity contribution in [2.24, 2.45) is 0 Å². The molecule has 1 N–H and O–H groups in total. The molecule has 0 aromatic heterocycles. The molecule has 0 amide bonds. The van der Waals surface area contributed by atoms with E-state index in [1.807, 2.05) is 6.92 Å². The lowest BCUT2D eigenvalue weighted by molar-refractivity contribution is -0.114. The maximum Gasteiger partial charge on any atom is 0.158 e. The van der Waals surface area contributed by atoms with Crippen LogP contribution in [-0.4, -0.2) is 10.9 Å². The number of allylic oxidation sites excluding steroid dienone is 2. The first-order valence-electron chi connectivity index (χ1n) is 3.07. The van der Waals surface area contributed by atoms with Gasteiger partial charge in [-0.3, -0.25) is 4.79 Å². The Labute approximate surface area is 55.2 Å². The van der Waals surface area contributed by atoms with Crippen molar-refractivity contribution in [2.75, 3.05) is 0 Å². The van der Waals surface area contributed by atoms with Gasteiger partial charge in [-0.25, -0.2) is 0 Å². The predicted octanol–water partition coefficient (Wildman–Crippen LogP) is 1.82. The highest BCUT2D eigenvalue weighted by molar-refractivity contribution is 5.89. The summed E-state index contributed by atoms with van der Waals surface area (Å²) in [7, 11) is 0. The van der Waals surface area contributed by atoms with Crippen LogP contribution in [0, 0.1) is 0 Å². The van der Waals surface area contributed by atoms with E-state index in [1.165, 1.54) is 13.0 Å². The maximum atomic E-state index is 10.6. The SMILES string of the molecule is CCCC(=O)C=C(C)O. The molecule has 0 heterocycles. The first kappa shape index (κ1) is 8.21. The molecule has 0 aromatic carbocycles. The number of ketones is 1. The Kier molecular flexibility index (Phi) is 3.76. The minimum Gasteiger partial charge on any atom is -0.512 e. The lowest BCUT2D eigenvalue weighted by atomic mass is 10.2. The molecule has 52 valence electrons. The van der Waals surface area contributed by atoms with Gasteiger partial charge in [0.05, 0.1) is 5.76 Å². The summed E-state index contributed by atoms with van der Waals surface area (Å²) in [4.78, 5) is 10.6. The third kappa shape index (κ3) is 5.07. The fourth-order valence-corrected chi connectivity index (χ4v) is 0.552. The molecule has 0 aromatic rings. The molecule has 0 aliphatic carbocycles. The van der Waals surface area contributed by atoms with E-state index in [4.69, 9.17) is 5.11 Å². The van der Waals surface area contributed by atoms with Crippen molar-refractivity contribution in [3.8, 4) is 0 Å². The first-order valence-corrected chi connectivity index (χ1v) is 3.07. The zero-order chi connectivity index (χ0) is 7.28. The Morgan fingerprint density at radius 2 is 2.22 bits per heavy atom. The van der Waals surface area contributed by atoms with E-state index in [0.29, 0.717) is 6.42 Å². The van der Waals surface area contributed by atoms with E-state index >= 15 is 0 Å². The van der Waals surface area contributed by atoms with E-state index < -0.39 is 0 Å². The summed E-state index contributed by atoms with van der Waals surface area (Å²) in [6, 6.07) is 0. The van der Waals surface area contributed by atoms with Gasteiger partial charge in [0.2, 0.25) is 0 Å². The van der Waals surface area contributed by atoms with Crippen molar-refractivity contribution >= 4 is 5.78 Å². The smallest absolute Gasteiger partial charge is 0.158 e. The summed E-state index contributed by atoms with van der Waals surface area (Å²) in [5.41, 5.74) is 0. The van der Waals surface area contributed by atoms with Gasteiger partial charge in [-0.15, -0.1) is 0 Å². The molecule has 9 heavy (non-hydrogen) atoms. The quantitative estimate of drug-likeness (QED) is 0.465. The molecular formula is C7H12O2. The molecule has 0 saturated carbocycles. The first-order chi connectivity index (χ1) is 4.16. The number of carbonyl (C=O) groups excluding carboxylic acids is 1. The lowest BCUT2D eigenvalue weighted by Gasteiger charge is -1.88. The molecule has 0 aliphatic rings. The van der Waals surface area contributed by atoms with Gasteiger partial charge in [-0.1, -0.05) is 6.92 Å². The highest BCUT2D eigenvalue weighted by Gasteiger charge is 1.93. The largest absolute Gasteiger partial charge is 0.512 e. The highest BCUT2D eigenvalue weighted by atomic mass is 16.3. The summed E-state index contributed by atoms with van der Waals surface area (Å²) in [6.07, 6.45) is 2.62. The molecule has 0 fully saturated rings. The van der Waals surface area contributed by atoms with Crippen molar-refractivity contribution in [2.45, 2.75) is 26.7 Å². The summed E-state index contributed by atoms with van der Waals surface area (Å²) in [5.74, 6) is 0.0888. The van der Waals surface area contributed by atoms with E-state index in [-0.39, 0.29) is 11.5 Å². The number of aliphatic hydroxyl groups excluding tert-OH is 1. The van der Waals surface area contributed by atoms with Gasteiger partial charge < -0.3 is 5.11 Å². The average molecular weight is 128 g/mol. The molecule has 0 saturated heterocycles. The van der Waals surface area contributed by atoms with Crippen LogP contribution in [0.4, 0.5) is 0 Å². The van der Waals surface area contributed by atoms with Gasteiger partial charge >= 0.3 is 0 Å². The monoisotopic (exact) mass is 128 g/mol. The summed E-state index contributed by atoms with van der Waals surface area (Å²) < 4.78 is 0. The zero-order valence-corrected chi connectivity index (χ0v) is 5.85. The Morgan fingerprint density at radius 1 is 1.67 bits per heavy atom. The Balaban J connectivity index is 3.63. The molecule has 0 bridgehead atoms. The fraction of sp³-hybridized carbons (Fsp3) is 0.571. The van der Waals surface area contributed by atoms with Crippen molar-refractivity contribution in [3.05, 3.63) is 11.8 Å². The van der Waals surface area contributed by atoms with Crippen LogP contribution in [0.2, 0.25) is 0 Å². The van der Waals surface area contributed by atoms with Crippen molar-refractivity contribution in [3.63, 3.8) is 0 Å². The molecule has 0 radical (unpaired) electrons. The second kappa shape index (κ2) is 4.13. The van der Waals surface area contributed by atoms with E-state index in [2.05, 4.69) is 0 Å². The molecule has 0 rings (SSSR count). The minimum atomic E-state index is -0.00231. The van der Waals surface area contributed by atoms with Crippen LogP contribution in [0.5, 0.6) is 0 Å².